The molecule has 0 fully saturated rings. The minimum atomic E-state index is -0.620. The summed E-state index contributed by atoms with van der Waals surface area (Å²) in [7, 11) is 0.329. The van der Waals surface area contributed by atoms with Crippen LogP contribution in [0.3, 0.4) is 0 Å². The molecule has 2 N–H and O–H groups in total. The van der Waals surface area contributed by atoms with E-state index >= 15 is 0 Å². The van der Waals surface area contributed by atoms with Crippen molar-refractivity contribution in [2.24, 2.45) is 0 Å². The Bertz CT molecular complexity index is 61.8. The molecule has 1 unspecified atom stereocenters. The molecule has 5 heteroatoms. The molecule has 0 aliphatic heterocycles. The number of hydrogen-bond acceptors (Lipinski definition) is 3. The lowest BCUT2D eigenvalue weighted by molar-refractivity contribution is 0.186. The highest BCUT2D eigenvalue weighted by Crippen LogP contribution is 1.94. The largest absolute Gasteiger partial charge is 0.466 e. The molecule has 0 aromatic rings. The molecule has 0 spiro atoms. The number of aliphatic hydroxyl groups is 2. The standard InChI is InChI=1S/C4H14OSi2.C2H6O2/c1-3-4-7(2)5-6;3-1-2-4/h7H,3-4H2,1-2,6H3;3-4H,1-2H2. The minimum absolute atomic E-state index is 0.125. The van der Waals surface area contributed by atoms with Crippen LogP contribution < -0.4 is 0 Å². The van der Waals surface area contributed by atoms with Crippen molar-refractivity contribution < 1.29 is 14.3 Å². The van der Waals surface area contributed by atoms with Crippen LogP contribution in [-0.4, -0.2) is 43.0 Å². The first-order valence-electron chi connectivity index (χ1n) is 3.97. The fourth-order valence-electron chi connectivity index (χ4n) is 0.524. The molecule has 0 rings (SSSR count). The van der Waals surface area contributed by atoms with E-state index in [4.69, 9.17) is 14.3 Å². The maximum Gasteiger partial charge on any atom is 0.159 e. The van der Waals surface area contributed by atoms with Crippen LogP contribution in [0.5, 0.6) is 0 Å². The highest BCUT2D eigenvalue weighted by atomic mass is 28.3. The van der Waals surface area contributed by atoms with Gasteiger partial charge in [-0.1, -0.05) is 13.3 Å². The molecule has 0 heterocycles. The van der Waals surface area contributed by atoms with Gasteiger partial charge in [0.1, 0.15) is 10.5 Å². The second kappa shape index (κ2) is 12.9. The van der Waals surface area contributed by atoms with Crippen LogP contribution in [0.1, 0.15) is 13.3 Å². The zero-order valence-electron chi connectivity index (χ0n) is 7.71. The monoisotopic (exact) mass is 196 g/mol. The van der Waals surface area contributed by atoms with E-state index in [1.807, 2.05) is 0 Å². The summed E-state index contributed by atoms with van der Waals surface area (Å²) < 4.78 is 5.27. The van der Waals surface area contributed by atoms with Gasteiger partial charge in [0.15, 0.2) is 9.04 Å². The summed E-state index contributed by atoms with van der Waals surface area (Å²) >= 11 is 0. The summed E-state index contributed by atoms with van der Waals surface area (Å²) in [5, 5.41) is 15.2. The quantitative estimate of drug-likeness (QED) is 0.568. The predicted molar refractivity (Wildman–Crippen MR) is 53.3 cm³/mol. The van der Waals surface area contributed by atoms with Crippen molar-refractivity contribution in [1.82, 2.24) is 0 Å². The zero-order chi connectivity index (χ0) is 9.11. The van der Waals surface area contributed by atoms with Gasteiger partial charge in [0.25, 0.3) is 0 Å². The smallest absolute Gasteiger partial charge is 0.159 e. The molecular weight excluding hydrogens is 176 g/mol. The van der Waals surface area contributed by atoms with Gasteiger partial charge in [-0.3, -0.25) is 0 Å². The molecule has 11 heavy (non-hydrogen) atoms. The van der Waals surface area contributed by atoms with Gasteiger partial charge >= 0.3 is 0 Å². The van der Waals surface area contributed by atoms with E-state index in [2.05, 4.69) is 13.5 Å². The molecule has 0 amide bonds. The first-order valence-corrected chi connectivity index (χ1v) is 7.23. The number of aliphatic hydroxyl groups excluding tert-OH is 2. The van der Waals surface area contributed by atoms with E-state index in [0.717, 1.165) is 10.5 Å². The average molecular weight is 196 g/mol. The zero-order valence-corrected chi connectivity index (χ0v) is 10.9. The second-order valence-electron chi connectivity index (χ2n) is 2.28. The van der Waals surface area contributed by atoms with Gasteiger partial charge in [-0.2, -0.15) is 0 Å². The SMILES string of the molecule is CCC[SiH](C)O[SiH3].OCCO. The Balaban J connectivity index is 0. The normalized spacial score (nSPS) is 12.0. The van der Waals surface area contributed by atoms with E-state index in [0.29, 0.717) is 0 Å². The number of hydrogen-bond donors (Lipinski definition) is 2. The molecule has 0 aliphatic rings. The molecular formula is C6H20O3Si2. The third-order valence-corrected chi connectivity index (χ3v) is 5.81. The van der Waals surface area contributed by atoms with Crippen molar-refractivity contribution in [2.45, 2.75) is 25.9 Å². The molecule has 1 atom stereocenters. The van der Waals surface area contributed by atoms with Crippen LogP contribution in [0.4, 0.5) is 0 Å². The minimum Gasteiger partial charge on any atom is -0.466 e. The van der Waals surface area contributed by atoms with E-state index < -0.39 is 9.04 Å². The molecule has 0 saturated carbocycles. The van der Waals surface area contributed by atoms with Crippen LogP contribution in [0.25, 0.3) is 0 Å². The Kier molecular flexibility index (Phi) is 16.3. The lowest BCUT2D eigenvalue weighted by Gasteiger charge is -2.03. The lowest BCUT2D eigenvalue weighted by atomic mass is 10.6. The third-order valence-electron chi connectivity index (χ3n) is 1.20. The fourth-order valence-corrected chi connectivity index (χ4v) is 2.28. The van der Waals surface area contributed by atoms with Crippen LogP contribution >= 0.6 is 0 Å². The average Bonchev–Trinajstić information content (AvgIpc) is 2.05. The fraction of sp³-hybridized carbons (Fsp3) is 1.00. The van der Waals surface area contributed by atoms with Gasteiger partial charge < -0.3 is 14.3 Å². The van der Waals surface area contributed by atoms with Gasteiger partial charge in [-0.25, -0.2) is 0 Å². The van der Waals surface area contributed by atoms with Crippen LogP contribution in [0, 0.1) is 0 Å². The van der Waals surface area contributed by atoms with Crippen LogP contribution in [-0.2, 0) is 4.12 Å². The van der Waals surface area contributed by atoms with Gasteiger partial charge in [-0.05, 0) is 12.6 Å². The maximum atomic E-state index is 7.62. The number of rotatable bonds is 4. The van der Waals surface area contributed by atoms with Crippen molar-refractivity contribution >= 4 is 19.5 Å². The van der Waals surface area contributed by atoms with Crippen molar-refractivity contribution in [3.63, 3.8) is 0 Å². The van der Waals surface area contributed by atoms with Gasteiger partial charge in [-0.15, -0.1) is 0 Å². The Labute approximate surface area is 73.7 Å². The summed E-state index contributed by atoms with van der Waals surface area (Å²) in [5.41, 5.74) is 0. The summed E-state index contributed by atoms with van der Waals surface area (Å²) in [6.45, 7) is 4.22. The molecule has 70 valence electrons. The Morgan fingerprint density at radius 2 is 1.82 bits per heavy atom. The highest BCUT2D eigenvalue weighted by Gasteiger charge is 1.95. The first-order chi connectivity index (χ1) is 5.22. The molecule has 0 saturated heterocycles. The van der Waals surface area contributed by atoms with E-state index in [1.54, 1.807) is 0 Å². The molecule has 0 radical (unpaired) electrons. The molecule has 0 bridgehead atoms. The topological polar surface area (TPSA) is 49.7 Å². The molecule has 0 aromatic heterocycles. The first kappa shape index (κ1) is 13.9. The van der Waals surface area contributed by atoms with Crippen molar-refractivity contribution in [3.05, 3.63) is 0 Å². The second-order valence-corrected chi connectivity index (χ2v) is 6.37. The van der Waals surface area contributed by atoms with Crippen LogP contribution in [0.2, 0.25) is 12.6 Å². The van der Waals surface area contributed by atoms with Gasteiger partial charge in [0, 0.05) is 0 Å². The highest BCUT2D eigenvalue weighted by molar-refractivity contribution is 6.54. The Hall–Kier alpha value is 0.314. The summed E-state index contributed by atoms with van der Waals surface area (Å²) in [6.07, 6.45) is 1.30. The van der Waals surface area contributed by atoms with Crippen molar-refractivity contribution in [1.29, 1.82) is 0 Å². The summed E-state index contributed by atoms with van der Waals surface area (Å²) in [4.78, 5) is 0. The summed E-state index contributed by atoms with van der Waals surface area (Å²) in [5.74, 6) is 0. The Morgan fingerprint density at radius 1 is 1.36 bits per heavy atom. The van der Waals surface area contributed by atoms with Crippen molar-refractivity contribution in [2.75, 3.05) is 13.2 Å². The van der Waals surface area contributed by atoms with E-state index in [9.17, 15) is 0 Å². The molecule has 3 nitrogen and oxygen atoms in total. The van der Waals surface area contributed by atoms with Gasteiger partial charge in [0.05, 0.1) is 13.2 Å². The molecule has 0 aliphatic carbocycles. The van der Waals surface area contributed by atoms with Crippen molar-refractivity contribution in [3.8, 4) is 0 Å². The van der Waals surface area contributed by atoms with Gasteiger partial charge in [0.2, 0.25) is 0 Å². The predicted octanol–water partition coefficient (Wildman–Crippen LogP) is -0.982. The lowest BCUT2D eigenvalue weighted by Crippen LogP contribution is -2.09. The van der Waals surface area contributed by atoms with E-state index in [1.165, 1.54) is 12.5 Å². The maximum absolute atomic E-state index is 7.62. The molecule has 0 aromatic carbocycles. The van der Waals surface area contributed by atoms with E-state index in [-0.39, 0.29) is 13.2 Å². The van der Waals surface area contributed by atoms with Crippen LogP contribution in [0.15, 0.2) is 0 Å². The third kappa shape index (κ3) is 17.9. The summed E-state index contributed by atoms with van der Waals surface area (Å²) in [6, 6.07) is 1.35. The Morgan fingerprint density at radius 3 is 1.91 bits per heavy atom.